The van der Waals surface area contributed by atoms with Crippen LogP contribution in [0.2, 0.25) is 0 Å². The molecule has 0 aliphatic rings. The average molecular weight is 277 g/mol. The molecule has 1 aromatic rings. The number of nitriles is 1. The molecule has 0 saturated carbocycles. The Bertz CT molecular complexity index is 535. The van der Waals surface area contributed by atoms with E-state index in [0.29, 0.717) is 23.6 Å². The molecule has 0 spiro atoms. The number of anilines is 1. The zero-order valence-electron chi connectivity index (χ0n) is 12.0. The predicted molar refractivity (Wildman–Crippen MR) is 76.5 cm³/mol. The molecule has 1 rings (SSSR count). The molecule has 0 heterocycles. The molecule has 3 N–H and O–H groups in total. The minimum Gasteiger partial charge on any atom is -0.330 e. The van der Waals surface area contributed by atoms with Crippen LogP contribution in [-0.2, 0) is 4.79 Å². The van der Waals surface area contributed by atoms with Crippen LogP contribution in [0.4, 0.5) is 10.1 Å². The molecule has 1 atom stereocenters. The van der Waals surface area contributed by atoms with Gasteiger partial charge < -0.3 is 11.1 Å². The van der Waals surface area contributed by atoms with E-state index in [1.54, 1.807) is 6.92 Å². The van der Waals surface area contributed by atoms with Gasteiger partial charge in [0.15, 0.2) is 0 Å². The second-order valence-corrected chi connectivity index (χ2v) is 5.29. The summed E-state index contributed by atoms with van der Waals surface area (Å²) in [5.41, 5.74) is 6.43. The van der Waals surface area contributed by atoms with E-state index in [-0.39, 0.29) is 23.9 Å². The molecule has 108 valence electrons. The number of amides is 1. The standard InChI is InChI=1S/C15H20FN3O/c1-9(2)4-12(8-18)15(20)19-14-6-11(7-17)5-13(16)10(14)3/h5-6,9,12H,4,8,18H2,1-3H3,(H,19,20). The lowest BCUT2D eigenvalue weighted by Gasteiger charge is -2.18. The largest absolute Gasteiger partial charge is 0.330 e. The van der Waals surface area contributed by atoms with Gasteiger partial charge >= 0.3 is 0 Å². The quantitative estimate of drug-likeness (QED) is 0.868. The molecule has 0 aliphatic carbocycles. The summed E-state index contributed by atoms with van der Waals surface area (Å²) in [5.74, 6) is -0.716. The van der Waals surface area contributed by atoms with Crippen LogP contribution in [0.1, 0.15) is 31.4 Å². The number of nitrogens with two attached hydrogens (primary N) is 1. The Balaban J connectivity index is 2.95. The van der Waals surface area contributed by atoms with Crippen molar-refractivity contribution in [2.24, 2.45) is 17.6 Å². The first-order valence-electron chi connectivity index (χ1n) is 6.60. The summed E-state index contributed by atoms with van der Waals surface area (Å²) in [7, 11) is 0. The Hall–Kier alpha value is -1.93. The highest BCUT2D eigenvalue weighted by Crippen LogP contribution is 2.22. The van der Waals surface area contributed by atoms with Crippen molar-refractivity contribution in [1.82, 2.24) is 0 Å². The third kappa shape index (κ3) is 4.04. The molecular formula is C15H20FN3O. The minimum absolute atomic E-state index is 0.177. The second-order valence-electron chi connectivity index (χ2n) is 5.29. The van der Waals surface area contributed by atoms with Gasteiger partial charge in [0, 0.05) is 17.8 Å². The van der Waals surface area contributed by atoms with Crippen LogP contribution < -0.4 is 11.1 Å². The van der Waals surface area contributed by atoms with E-state index in [4.69, 9.17) is 11.0 Å². The Kier molecular flexibility index (Phi) is 5.66. The summed E-state index contributed by atoms with van der Waals surface area (Å²) < 4.78 is 13.6. The summed E-state index contributed by atoms with van der Waals surface area (Å²) in [6.07, 6.45) is 0.668. The minimum atomic E-state index is -0.507. The van der Waals surface area contributed by atoms with Gasteiger partial charge in [-0.25, -0.2) is 4.39 Å². The molecule has 1 unspecified atom stereocenters. The number of carbonyl (C=O) groups is 1. The normalized spacial score (nSPS) is 12.1. The molecule has 0 radical (unpaired) electrons. The number of nitrogens with one attached hydrogen (secondary N) is 1. The topological polar surface area (TPSA) is 78.9 Å². The van der Waals surface area contributed by atoms with Gasteiger partial charge in [0.1, 0.15) is 5.82 Å². The molecule has 20 heavy (non-hydrogen) atoms. The molecule has 0 aliphatic heterocycles. The summed E-state index contributed by atoms with van der Waals surface area (Å²) in [5, 5.41) is 11.5. The van der Waals surface area contributed by atoms with Crippen LogP contribution in [0.5, 0.6) is 0 Å². The van der Waals surface area contributed by atoms with E-state index in [9.17, 15) is 9.18 Å². The summed E-state index contributed by atoms with van der Waals surface area (Å²) in [6.45, 7) is 5.82. The van der Waals surface area contributed by atoms with Gasteiger partial charge in [0.2, 0.25) is 5.91 Å². The third-order valence-electron chi connectivity index (χ3n) is 3.14. The Morgan fingerprint density at radius 3 is 2.65 bits per heavy atom. The van der Waals surface area contributed by atoms with Crippen LogP contribution in [0.3, 0.4) is 0 Å². The maximum atomic E-state index is 13.6. The molecule has 0 aromatic heterocycles. The highest BCUT2D eigenvalue weighted by atomic mass is 19.1. The summed E-state index contributed by atoms with van der Waals surface area (Å²) in [4.78, 5) is 12.1. The van der Waals surface area contributed by atoms with Crippen molar-refractivity contribution in [3.05, 3.63) is 29.1 Å². The fraction of sp³-hybridized carbons (Fsp3) is 0.467. The fourth-order valence-electron chi connectivity index (χ4n) is 1.99. The van der Waals surface area contributed by atoms with Crippen LogP contribution in [0.25, 0.3) is 0 Å². The van der Waals surface area contributed by atoms with E-state index >= 15 is 0 Å². The molecule has 4 nitrogen and oxygen atoms in total. The van der Waals surface area contributed by atoms with Crippen molar-refractivity contribution in [1.29, 1.82) is 5.26 Å². The van der Waals surface area contributed by atoms with Gasteiger partial charge in [0.05, 0.1) is 17.6 Å². The van der Waals surface area contributed by atoms with Crippen LogP contribution in [-0.4, -0.2) is 12.5 Å². The lowest BCUT2D eigenvalue weighted by Crippen LogP contribution is -2.30. The molecule has 0 bridgehead atoms. The van der Waals surface area contributed by atoms with Gasteiger partial charge in [-0.1, -0.05) is 13.8 Å². The van der Waals surface area contributed by atoms with E-state index < -0.39 is 5.82 Å². The van der Waals surface area contributed by atoms with E-state index in [0.717, 1.165) is 6.07 Å². The Morgan fingerprint density at radius 2 is 2.15 bits per heavy atom. The van der Waals surface area contributed by atoms with Gasteiger partial charge in [-0.05, 0) is 31.4 Å². The number of carbonyl (C=O) groups excluding carboxylic acids is 1. The van der Waals surface area contributed by atoms with Crippen molar-refractivity contribution in [3.8, 4) is 6.07 Å². The number of rotatable bonds is 5. The number of nitrogens with zero attached hydrogens (tertiary/aromatic N) is 1. The second kappa shape index (κ2) is 7.01. The van der Waals surface area contributed by atoms with Crippen LogP contribution >= 0.6 is 0 Å². The fourth-order valence-corrected chi connectivity index (χ4v) is 1.99. The molecule has 1 aromatic carbocycles. The SMILES string of the molecule is Cc1c(F)cc(C#N)cc1NC(=O)C(CN)CC(C)C. The van der Waals surface area contributed by atoms with E-state index in [1.165, 1.54) is 6.07 Å². The number of hydrogen-bond acceptors (Lipinski definition) is 3. The number of hydrogen-bond donors (Lipinski definition) is 2. The highest BCUT2D eigenvalue weighted by Gasteiger charge is 2.19. The number of benzene rings is 1. The van der Waals surface area contributed by atoms with Crippen molar-refractivity contribution in [2.75, 3.05) is 11.9 Å². The summed E-state index contributed by atoms with van der Waals surface area (Å²) >= 11 is 0. The van der Waals surface area contributed by atoms with Crippen molar-refractivity contribution in [3.63, 3.8) is 0 Å². The maximum Gasteiger partial charge on any atom is 0.228 e. The average Bonchev–Trinajstić information content (AvgIpc) is 2.40. The van der Waals surface area contributed by atoms with Gasteiger partial charge in [0.25, 0.3) is 0 Å². The third-order valence-corrected chi connectivity index (χ3v) is 3.14. The van der Waals surface area contributed by atoms with E-state index in [1.807, 2.05) is 19.9 Å². The van der Waals surface area contributed by atoms with Crippen molar-refractivity contribution in [2.45, 2.75) is 27.2 Å². The first kappa shape index (κ1) is 16.1. The zero-order chi connectivity index (χ0) is 15.3. The van der Waals surface area contributed by atoms with E-state index in [2.05, 4.69) is 5.32 Å². The Labute approximate surface area is 118 Å². The first-order chi connectivity index (χ1) is 9.38. The summed E-state index contributed by atoms with van der Waals surface area (Å²) in [6, 6.07) is 4.49. The van der Waals surface area contributed by atoms with Gasteiger partial charge in [-0.15, -0.1) is 0 Å². The number of halogens is 1. The van der Waals surface area contributed by atoms with Gasteiger partial charge in [-0.3, -0.25) is 4.79 Å². The molecule has 0 saturated heterocycles. The lowest BCUT2D eigenvalue weighted by atomic mass is 9.96. The van der Waals surface area contributed by atoms with Crippen LogP contribution in [0, 0.1) is 35.9 Å². The highest BCUT2D eigenvalue weighted by molar-refractivity contribution is 5.93. The molecular weight excluding hydrogens is 257 g/mol. The van der Waals surface area contributed by atoms with Crippen molar-refractivity contribution >= 4 is 11.6 Å². The maximum absolute atomic E-state index is 13.6. The van der Waals surface area contributed by atoms with Crippen molar-refractivity contribution < 1.29 is 9.18 Å². The molecule has 1 amide bonds. The van der Waals surface area contributed by atoms with Crippen LogP contribution in [0.15, 0.2) is 12.1 Å². The lowest BCUT2D eigenvalue weighted by molar-refractivity contribution is -0.120. The monoisotopic (exact) mass is 277 g/mol. The van der Waals surface area contributed by atoms with Gasteiger partial charge in [-0.2, -0.15) is 5.26 Å². The predicted octanol–water partition coefficient (Wildman–Crippen LogP) is 2.57. The first-order valence-corrected chi connectivity index (χ1v) is 6.60. The zero-order valence-corrected chi connectivity index (χ0v) is 12.0. The smallest absolute Gasteiger partial charge is 0.228 e. The molecule has 5 heteroatoms. The molecule has 0 fully saturated rings. The Morgan fingerprint density at radius 1 is 1.50 bits per heavy atom.